The second-order valence-electron chi connectivity index (χ2n) is 6.08. The van der Waals surface area contributed by atoms with Gasteiger partial charge in [0, 0.05) is 23.1 Å². The summed E-state index contributed by atoms with van der Waals surface area (Å²) in [6.45, 7) is 11.2. The summed E-state index contributed by atoms with van der Waals surface area (Å²) >= 11 is 0. The molecule has 0 saturated carbocycles. The number of hydrogen-bond donors (Lipinski definition) is 2. The Morgan fingerprint density at radius 2 is 1.70 bits per heavy atom. The lowest BCUT2D eigenvalue weighted by Crippen LogP contribution is -2.40. The lowest BCUT2D eigenvalue weighted by molar-refractivity contribution is -0.119. The van der Waals surface area contributed by atoms with Gasteiger partial charge in [-0.3, -0.25) is 4.79 Å². The second-order valence-corrected chi connectivity index (χ2v) is 6.08. The number of carbonyl (C=O) groups is 1. The molecule has 20 heavy (non-hydrogen) atoms. The average Bonchev–Trinajstić information content (AvgIpc) is 2.81. The molecule has 0 aliphatic carbocycles. The van der Waals surface area contributed by atoms with Gasteiger partial charge in [-0.2, -0.15) is 0 Å². The van der Waals surface area contributed by atoms with E-state index in [9.17, 15) is 4.79 Å². The van der Waals surface area contributed by atoms with Crippen LogP contribution >= 0.6 is 0 Å². The van der Waals surface area contributed by atoms with E-state index in [0.717, 1.165) is 13.0 Å². The van der Waals surface area contributed by atoms with Gasteiger partial charge >= 0.3 is 0 Å². The number of benzene rings is 1. The zero-order valence-electron chi connectivity index (χ0n) is 12.9. The highest BCUT2D eigenvalue weighted by Crippen LogP contribution is 2.35. The molecule has 2 aromatic rings. The molecule has 1 atom stereocenters. The van der Waals surface area contributed by atoms with E-state index in [1.54, 1.807) is 6.92 Å². The van der Waals surface area contributed by atoms with Crippen LogP contribution < -0.4 is 5.32 Å². The maximum Gasteiger partial charge on any atom is 0.147 e. The Hall–Kier alpha value is -1.61. The zero-order valence-corrected chi connectivity index (χ0v) is 12.9. The predicted molar refractivity (Wildman–Crippen MR) is 82.3 cm³/mol. The standard InChI is InChI=1S/C17H22N2O/c1-8-9(2)11(4)17-16(10(8)3)13-6-14(12(5)20)18-7-15(13)19-17/h14,18-19H,6-7H2,1-5H3/t14-/m0/s1. The molecular formula is C17H22N2O. The van der Waals surface area contributed by atoms with E-state index in [1.165, 1.54) is 44.4 Å². The highest BCUT2D eigenvalue weighted by molar-refractivity contribution is 5.93. The van der Waals surface area contributed by atoms with Crippen LogP contribution in [0, 0.1) is 27.7 Å². The van der Waals surface area contributed by atoms with Crippen molar-refractivity contribution in [2.24, 2.45) is 0 Å². The van der Waals surface area contributed by atoms with Crippen LogP contribution in [0.4, 0.5) is 0 Å². The van der Waals surface area contributed by atoms with Crippen molar-refractivity contribution in [1.82, 2.24) is 10.3 Å². The molecular weight excluding hydrogens is 248 g/mol. The molecule has 0 saturated heterocycles. The number of aromatic nitrogens is 1. The Labute approximate surface area is 119 Å². The van der Waals surface area contributed by atoms with Crippen LogP contribution in [0.2, 0.25) is 0 Å². The molecule has 2 heterocycles. The number of H-pyrrole nitrogens is 1. The summed E-state index contributed by atoms with van der Waals surface area (Å²) in [7, 11) is 0. The molecule has 3 nitrogen and oxygen atoms in total. The van der Waals surface area contributed by atoms with Gasteiger partial charge in [-0.25, -0.2) is 0 Å². The first-order valence-corrected chi connectivity index (χ1v) is 7.25. The molecule has 3 heteroatoms. The second kappa shape index (κ2) is 4.45. The number of aromatic amines is 1. The number of rotatable bonds is 1. The van der Waals surface area contributed by atoms with Crippen LogP contribution in [0.15, 0.2) is 0 Å². The van der Waals surface area contributed by atoms with Crippen LogP contribution in [-0.4, -0.2) is 16.8 Å². The monoisotopic (exact) mass is 270 g/mol. The molecule has 0 spiro atoms. The molecule has 0 unspecified atom stereocenters. The maximum absolute atomic E-state index is 11.7. The molecule has 1 aromatic heterocycles. The van der Waals surface area contributed by atoms with E-state index in [-0.39, 0.29) is 11.8 Å². The molecule has 0 bridgehead atoms. The average molecular weight is 270 g/mol. The summed E-state index contributed by atoms with van der Waals surface area (Å²) in [5, 5.41) is 4.66. The van der Waals surface area contributed by atoms with E-state index in [4.69, 9.17) is 0 Å². The lowest BCUT2D eigenvalue weighted by Gasteiger charge is -2.22. The van der Waals surface area contributed by atoms with E-state index in [2.05, 4.69) is 38.0 Å². The number of carbonyl (C=O) groups excluding carboxylic acids is 1. The lowest BCUT2D eigenvalue weighted by atomic mass is 9.90. The fourth-order valence-electron chi connectivity index (χ4n) is 3.39. The summed E-state index contributed by atoms with van der Waals surface area (Å²) in [6, 6.07) is -0.0391. The fraction of sp³-hybridized carbons (Fsp3) is 0.471. The molecule has 0 amide bonds. The molecule has 1 aromatic carbocycles. The van der Waals surface area contributed by atoms with Crippen LogP contribution in [0.3, 0.4) is 0 Å². The first-order valence-electron chi connectivity index (χ1n) is 7.25. The third-order valence-electron chi connectivity index (χ3n) is 5.05. The third-order valence-corrected chi connectivity index (χ3v) is 5.05. The van der Waals surface area contributed by atoms with Crippen molar-refractivity contribution in [2.45, 2.75) is 53.6 Å². The zero-order chi connectivity index (χ0) is 14.6. The number of Topliss-reactive ketones (excluding diaryl/α,β-unsaturated/α-hetero) is 1. The van der Waals surface area contributed by atoms with Crippen molar-refractivity contribution in [1.29, 1.82) is 0 Å². The molecule has 1 aliphatic heterocycles. The van der Waals surface area contributed by atoms with E-state index in [1.807, 2.05) is 0 Å². The third kappa shape index (κ3) is 1.73. The Bertz CT molecular complexity index is 725. The predicted octanol–water partition coefficient (Wildman–Crippen LogP) is 3.00. The molecule has 106 valence electrons. The minimum absolute atomic E-state index is 0.0391. The number of nitrogens with one attached hydrogen (secondary N) is 2. The smallest absolute Gasteiger partial charge is 0.147 e. The van der Waals surface area contributed by atoms with Gasteiger partial charge < -0.3 is 10.3 Å². The Morgan fingerprint density at radius 1 is 1.05 bits per heavy atom. The van der Waals surface area contributed by atoms with Crippen molar-refractivity contribution >= 4 is 16.7 Å². The quantitative estimate of drug-likeness (QED) is 0.836. The van der Waals surface area contributed by atoms with Crippen molar-refractivity contribution in [3.8, 4) is 0 Å². The first-order chi connectivity index (χ1) is 9.41. The van der Waals surface area contributed by atoms with Crippen molar-refractivity contribution in [3.05, 3.63) is 33.5 Å². The summed E-state index contributed by atoms with van der Waals surface area (Å²) < 4.78 is 0. The number of ketones is 1. The van der Waals surface area contributed by atoms with Gasteiger partial charge in [-0.1, -0.05) is 0 Å². The molecule has 0 fully saturated rings. The molecule has 3 rings (SSSR count). The summed E-state index contributed by atoms with van der Waals surface area (Å²) in [5.74, 6) is 0.225. The van der Waals surface area contributed by atoms with Crippen molar-refractivity contribution in [3.63, 3.8) is 0 Å². The Balaban J connectivity index is 2.29. The summed E-state index contributed by atoms with van der Waals surface area (Å²) in [5.41, 5.74) is 9.25. The number of aryl methyl sites for hydroxylation is 2. The van der Waals surface area contributed by atoms with Gasteiger partial charge in [0.05, 0.1) is 6.04 Å². The minimum Gasteiger partial charge on any atom is -0.357 e. The maximum atomic E-state index is 11.7. The topological polar surface area (TPSA) is 44.9 Å². The highest BCUT2D eigenvalue weighted by atomic mass is 16.1. The molecule has 2 N–H and O–H groups in total. The van der Waals surface area contributed by atoms with Gasteiger partial charge in [-0.05, 0) is 68.9 Å². The van der Waals surface area contributed by atoms with Crippen molar-refractivity contribution in [2.75, 3.05) is 0 Å². The minimum atomic E-state index is -0.0391. The summed E-state index contributed by atoms with van der Waals surface area (Å²) in [4.78, 5) is 15.2. The van der Waals surface area contributed by atoms with Gasteiger partial charge in [0.1, 0.15) is 5.78 Å². The van der Waals surface area contributed by atoms with Gasteiger partial charge in [0.2, 0.25) is 0 Å². The SMILES string of the molecule is CC(=O)[C@@H]1Cc2c([nH]c3c(C)c(C)c(C)c(C)c23)CN1. The molecule has 0 radical (unpaired) electrons. The van der Waals surface area contributed by atoms with Crippen molar-refractivity contribution < 1.29 is 4.79 Å². The van der Waals surface area contributed by atoms with Crippen LogP contribution in [0.25, 0.3) is 10.9 Å². The van der Waals surface area contributed by atoms with E-state index in [0.29, 0.717) is 0 Å². The molecule has 1 aliphatic rings. The van der Waals surface area contributed by atoms with E-state index >= 15 is 0 Å². The van der Waals surface area contributed by atoms with Gasteiger partial charge in [-0.15, -0.1) is 0 Å². The van der Waals surface area contributed by atoms with Gasteiger partial charge in [0.15, 0.2) is 0 Å². The van der Waals surface area contributed by atoms with Crippen LogP contribution in [0.1, 0.15) is 40.4 Å². The number of hydrogen-bond acceptors (Lipinski definition) is 2. The Kier molecular flexibility index (Phi) is 2.98. The fourth-order valence-corrected chi connectivity index (χ4v) is 3.39. The highest BCUT2D eigenvalue weighted by Gasteiger charge is 2.26. The van der Waals surface area contributed by atoms with Crippen LogP contribution in [0.5, 0.6) is 0 Å². The number of fused-ring (bicyclic) bond motifs is 3. The largest absolute Gasteiger partial charge is 0.357 e. The summed E-state index contributed by atoms with van der Waals surface area (Å²) in [6.07, 6.45) is 0.799. The first kappa shape index (κ1) is 13.4. The van der Waals surface area contributed by atoms with E-state index < -0.39 is 0 Å². The Morgan fingerprint density at radius 3 is 2.35 bits per heavy atom. The van der Waals surface area contributed by atoms with Crippen LogP contribution in [-0.2, 0) is 17.8 Å². The van der Waals surface area contributed by atoms with Gasteiger partial charge in [0.25, 0.3) is 0 Å². The normalized spacial score (nSPS) is 18.4.